The fourth-order valence-electron chi connectivity index (χ4n) is 3.71. The molecule has 8 heteroatoms. The predicted molar refractivity (Wildman–Crippen MR) is 130 cm³/mol. The molecule has 0 spiro atoms. The molecule has 0 fully saturated rings. The van der Waals surface area contributed by atoms with Crippen molar-refractivity contribution in [2.24, 2.45) is 0 Å². The standard InChI is InChI=1S/C25H29N3O4S/c1-3-5-14-26-23(29)22(4-2)33-25-27-19-11-7-6-10-18(19)24(30)28(25)15-17-16-31-20-12-8-9-13-21(20)32-17/h6-13,17,22H,3-5,14-16H2,1-2H3,(H,26,29)/t17-,22-/m0/s1. The molecule has 0 saturated carbocycles. The number of nitrogens with zero attached hydrogens (tertiary/aromatic N) is 2. The molecule has 2 aromatic carbocycles. The summed E-state index contributed by atoms with van der Waals surface area (Å²) in [5, 5.41) is 3.71. The van der Waals surface area contributed by atoms with Gasteiger partial charge in [0.1, 0.15) is 6.61 Å². The first-order chi connectivity index (χ1) is 16.1. The van der Waals surface area contributed by atoms with Crippen LogP contribution < -0.4 is 20.3 Å². The molecular formula is C25H29N3O4S. The number of nitrogens with one attached hydrogen (secondary N) is 1. The third-order valence-corrected chi connectivity index (χ3v) is 6.88. The van der Waals surface area contributed by atoms with Crippen molar-refractivity contribution in [1.29, 1.82) is 0 Å². The monoisotopic (exact) mass is 467 g/mol. The van der Waals surface area contributed by atoms with Crippen molar-refractivity contribution in [2.75, 3.05) is 13.2 Å². The third kappa shape index (κ3) is 5.33. The molecule has 0 radical (unpaired) electrons. The lowest BCUT2D eigenvalue weighted by atomic mass is 10.2. The van der Waals surface area contributed by atoms with Gasteiger partial charge < -0.3 is 14.8 Å². The van der Waals surface area contributed by atoms with E-state index in [1.807, 2.05) is 49.4 Å². The Balaban J connectivity index is 1.63. The molecule has 174 valence electrons. The van der Waals surface area contributed by atoms with Gasteiger partial charge in [0.2, 0.25) is 5.91 Å². The second-order valence-corrected chi connectivity index (χ2v) is 9.15. The SMILES string of the molecule is CCCCNC(=O)[C@H](CC)Sc1nc2ccccc2c(=O)n1C[C@H]1COc2ccccc2O1. The van der Waals surface area contributed by atoms with E-state index in [1.165, 1.54) is 11.8 Å². The molecule has 1 N–H and O–H groups in total. The smallest absolute Gasteiger partial charge is 0.262 e. The van der Waals surface area contributed by atoms with Gasteiger partial charge in [0, 0.05) is 6.54 Å². The van der Waals surface area contributed by atoms with Gasteiger partial charge in [-0.15, -0.1) is 0 Å². The summed E-state index contributed by atoms with van der Waals surface area (Å²) < 4.78 is 13.6. The number of amides is 1. The molecule has 2 heterocycles. The van der Waals surface area contributed by atoms with E-state index in [-0.39, 0.29) is 29.4 Å². The van der Waals surface area contributed by atoms with Gasteiger partial charge in [-0.2, -0.15) is 0 Å². The van der Waals surface area contributed by atoms with Crippen LogP contribution in [0.1, 0.15) is 33.1 Å². The maximum atomic E-state index is 13.4. The summed E-state index contributed by atoms with van der Waals surface area (Å²) in [6.07, 6.45) is 2.23. The molecule has 33 heavy (non-hydrogen) atoms. The lowest BCUT2D eigenvalue weighted by molar-refractivity contribution is -0.120. The predicted octanol–water partition coefficient (Wildman–Crippen LogP) is 4.02. The van der Waals surface area contributed by atoms with Gasteiger partial charge in [-0.05, 0) is 37.1 Å². The lowest BCUT2D eigenvalue weighted by Crippen LogP contribution is -2.38. The number of aromatic nitrogens is 2. The van der Waals surface area contributed by atoms with Gasteiger partial charge in [0.15, 0.2) is 22.8 Å². The maximum absolute atomic E-state index is 13.4. The zero-order valence-electron chi connectivity index (χ0n) is 19.0. The Morgan fingerprint density at radius 3 is 2.73 bits per heavy atom. The van der Waals surface area contributed by atoms with Crippen molar-refractivity contribution in [3.63, 3.8) is 0 Å². The average molecular weight is 468 g/mol. The Kier molecular flexibility index (Phi) is 7.54. The van der Waals surface area contributed by atoms with Gasteiger partial charge in [0.05, 0.1) is 22.7 Å². The number of ether oxygens (including phenoxy) is 2. The van der Waals surface area contributed by atoms with Gasteiger partial charge in [-0.3, -0.25) is 14.2 Å². The molecule has 0 aliphatic carbocycles. The van der Waals surface area contributed by atoms with Crippen molar-refractivity contribution < 1.29 is 14.3 Å². The van der Waals surface area contributed by atoms with Crippen LogP contribution in [-0.4, -0.2) is 40.0 Å². The number of hydrogen-bond acceptors (Lipinski definition) is 6. The minimum Gasteiger partial charge on any atom is -0.486 e. The summed E-state index contributed by atoms with van der Waals surface area (Å²) in [4.78, 5) is 30.9. The van der Waals surface area contributed by atoms with E-state index < -0.39 is 0 Å². The first-order valence-electron chi connectivity index (χ1n) is 11.4. The largest absolute Gasteiger partial charge is 0.486 e. The quantitative estimate of drug-likeness (QED) is 0.291. The van der Waals surface area contributed by atoms with Crippen molar-refractivity contribution in [1.82, 2.24) is 14.9 Å². The average Bonchev–Trinajstić information content (AvgIpc) is 2.84. The molecule has 1 aliphatic rings. The molecule has 1 amide bonds. The fourth-order valence-corrected chi connectivity index (χ4v) is 4.75. The number of carbonyl (C=O) groups is 1. The highest BCUT2D eigenvalue weighted by Crippen LogP contribution is 2.32. The van der Waals surface area contributed by atoms with Crippen LogP contribution in [0.4, 0.5) is 0 Å². The number of fused-ring (bicyclic) bond motifs is 2. The van der Waals surface area contributed by atoms with Gasteiger partial charge in [-0.25, -0.2) is 4.98 Å². The molecule has 4 rings (SSSR count). The summed E-state index contributed by atoms with van der Waals surface area (Å²) in [6.45, 7) is 5.31. The second kappa shape index (κ2) is 10.7. The molecule has 0 saturated heterocycles. The number of unbranched alkanes of at least 4 members (excludes halogenated alkanes) is 1. The Morgan fingerprint density at radius 2 is 1.94 bits per heavy atom. The van der Waals surface area contributed by atoms with Crippen LogP contribution in [0.3, 0.4) is 0 Å². The molecule has 7 nitrogen and oxygen atoms in total. The van der Waals surface area contributed by atoms with E-state index in [0.29, 0.717) is 47.1 Å². The number of benzene rings is 2. The molecule has 2 atom stereocenters. The topological polar surface area (TPSA) is 82.5 Å². The second-order valence-electron chi connectivity index (χ2n) is 7.98. The van der Waals surface area contributed by atoms with Crippen LogP contribution in [0.15, 0.2) is 58.5 Å². The van der Waals surface area contributed by atoms with E-state index in [9.17, 15) is 9.59 Å². The van der Waals surface area contributed by atoms with E-state index in [1.54, 1.807) is 10.6 Å². The Morgan fingerprint density at radius 1 is 1.18 bits per heavy atom. The number of thioether (sulfide) groups is 1. The number of rotatable bonds is 9. The molecule has 1 aliphatic heterocycles. The highest BCUT2D eigenvalue weighted by Gasteiger charge is 2.26. The van der Waals surface area contributed by atoms with Crippen molar-refractivity contribution in [3.8, 4) is 11.5 Å². The number of carbonyl (C=O) groups excluding carboxylic acids is 1. The van der Waals surface area contributed by atoms with E-state index in [2.05, 4.69) is 12.2 Å². The molecule has 0 bridgehead atoms. The van der Waals surface area contributed by atoms with E-state index in [0.717, 1.165) is 12.8 Å². The Bertz CT molecular complexity index is 1180. The van der Waals surface area contributed by atoms with Crippen molar-refractivity contribution >= 4 is 28.6 Å². The first kappa shape index (κ1) is 23.2. The maximum Gasteiger partial charge on any atom is 0.262 e. The molecule has 0 unspecified atom stereocenters. The first-order valence-corrected chi connectivity index (χ1v) is 12.3. The van der Waals surface area contributed by atoms with Gasteiger partial charge in [0.25, 0.3) is 5.56 Å². The van der Waals surface area contributed by atoms with Crippen molar-refractivity contribution in [2.45, 2.75) is 56.2 Å². The normalized spacial score (nSPS) is 15.9. The van der Waals surface area contributed by atoms with Crippen molar-refractivity contribution in [3.05, 3.63) is 58.9 Å². The van der Waals surface area contributed by atoms with Gasteiger partial charge in [-0.1, -0.05) is 56.3 Å². The summed E-state index contributed by atoms with van der Waals surface area (Å²) in [5.74, 6) is 1.32. The summed E-state index contributed by atoms with van der Waals surface area (Å²) in [6, 6.07) is 14.8. The van der Waals surface area contributed by atoms with E-state index >= 15 is 0 Å². The summed E-state index contributed by atoms with van der Waals surface area (Å²) in [7, 11) is 0. The number of para-hydroxylation sites is 3. The van der Waals surface area contributed by atoms with Crippen LogP contribution in [-0.2, 0) is 11.3 Å². The van der Waals surface area contributed by atoms with Crippen LogP contribution in [0.2, 0.25) is 0 Å². The minimum atomic E-state index is -0.349. The fraction of sp³-hybridized carbons (Fsp3) is 0.400. The highest BCUT2D eigenvalue weighted by molar-refractivity contribution is 8.00. The lowest BCUT2D eigenvalue weighted by Gasteiger charge is -2.27. The molecule has 1 aromatic heterocycles. The molecule has 3 aromatic rings. The van der Waals surface area contributed by atoms with E-state index in [4.69, 9.17) is 14.5 Å². The van der Waals surface area contributed by atoms with Crippen LogP contribution >= 0.6 is 11.8 Å². The zero-order valence-corrected chi connectivity index (χ0v) is 19.8. The Hall–Kier alpha value is -3.00. The Labute approximate surface area is 197 Å². The third-order valence-electron chi connectivity index (χ3n) is 5.52. The number of hydrogen-bond donors (Lipinski definition) is 1. The highest BCUT2D eigenvalue weighted by atomic mass is 32.2. The zero-order chi connectivity index (χ0) is 23.2. The van der Waals surface area contributed by atoms with Gasteiger partial charge >= 0.3 is 0 Å². The van der Waals surface area contributed by atoms with Crippen LogP contribution in [0.5, 0.6) is 11.5 Å². The summed E-state index contributed by atoms with van der Waals surface area (Å²) in [5.41, 5.74) is 0.473. The van der Waals surface area contributed by atoms with Crippen LogP contribution in [0.25, 0.3) is 10.9 Å². The summed E-state index contributed by atoms with van der Waals surface area (Å²) >= 11 is 1.33. The minimum absolute atomic E-state index is 0.0314. The molecular weight excluding hydrogens is 438 g/mol. The van der Waals surface area contributed by atoms with Crippen LogP contribution in [0, 0.1) is 0 Å².